The van der Waals surface area contributed by atoms with Crippen LogP contribution in [0.5, 0.6) is 0 Å². The highest BCUT2D eigenvalue weighted by Crippen LogP contribution is 2.19. The first-order chi connectivity index (χ1) is 8.08. The van der Waals surface area contributed by atoms with Gasteiger partial charge in [0.2, 0.25) is 15.3 Å². The van der Waals surface area contributed by atoms with Crippen molar-refractivity contribution in [2.75, 3.05) is 11.5 Å². The Balaban J connectivity index is 2.10. The largest absolute Gasteiger partial charge is 0.243 e. The Hall–Kier alpha value is -0.370. The Kier molecular flexibility index (Phi) is 4.24. The van der Waals surface area contributed by atoms with Gasteiger partial charge in [0.05, 0.1) is 12.4 Å². The Morgan fingerprint density at radius 3 is 2.47 bits per heavy atom. The molecule has 1 N–H and O–H groups in total. The van der Waals surface area contributed by atoms with Gasteiger partial charge < -0.3 is 0 Å². The van der Waals surface area contributed by atoms with Crippen LogP contribution >= 0.6 is 23.4 Å². The molecule has 17 heavy (non-hydrogen) atoms. The number of hydrogen-bond donors (Lipinski definition) is 1. The topological polar surface area (TPSA) is 72.0 Å². The van der Waals surface area contributed by atoms with Crippen LogP contribution in [0.2, 0.25) is 5.28 Å². The van der Waals surface area contributed by atoms with Crippen molar-refractivity contribution < 1.29 is 8.42 Å². The fourth-order valence-electron chi connectivity index (χ4n) is 1.54. The second kappa shape index (κ2) is 5.51. The van der Waals surface area contributed by atoms with E-state index in [0.29, 0.717) is 0 Å². The quantitative estimate of drug-likeness (QED) is 0.851. The predicted octanol–water partition coefficient (Wildman–Crippen LogP) is 1.30. The van der Waals surface area contributed by atoms with Crippen LogP contribution in [-0.4, -0.2) is 35.9 Å². The van der Waals surface area contributed by atoms with Crippen LogP contribution in [0.25, 0.3) is 0 Å². The second-order valence-electron chi connectivity index (χ2n) is 3.70. The molecule has 0 atom stereocenters. The lowest BCUT2D eigenvalue weighted by molar-refractivity contribution is 0.528. The van der Waals surface area contributed by atoms with E-state index in [1.54, 1.807) is 0 Å². The molecule has 1 aromatic rings. The molecule has 1 aliphatic heterocycles. The van der Waals surface area contributed by atoms with Crippen molar-refractivity contribution >= 4 is 33.4 Å². The van der Waals surface area contributed by atoms with E-state index in [2.05, 4.69) is 14.7 Å². The minimum Gasteiger partial charge on any atom is -0.225 e. The van der Waals surface area contributed by atoms with E-state index in [4.69, 9.17) is 11.6 Å². The monoisotopic (exact) mass is 293 g/mol. The highest BCUT2D eigenvalue weighted by molar-refractivity contribution is 7.99. The highest BCUT2D eigenvalue weighted by Gasteiger charge is 2.22. The van der Waals surface area contributed by atoms with Gasteiger partial charge in [0.1, 0.15) is 4.90 Å². The van der Waals surface area contributed by atoms with E-state index >= 15 is 0 Å². The average molecular weight is 294 g/mol. The van der Waals surface area contributed by atoms with Crippen molar-refractivity contribution in [2.24, 2.45) is 0 Å². The Bertz CT molecular complexity index is 472. The third kappa shape index (κ3) is 3.54. The summed E-state index contributed by atoms with van der Waals surface area (Å²) in [5, 5.41) is 0.0398. The molecule has 1 fully saturated rings. The third-order valence-electron chi connectivity index (χ3n) is 2.45. The number of rotatable bonds is 3. The number of hydrogen-bond acceptors (Lipinski definition) is 5. The van der Waals surface area contributed by atoms with Crippen LogP contribution in [-0.2, 0) is 10.0 Å². The fourth-order valence-corrected chi connectivity index (χ4v) is 3.94. The van der Waals surface area contributed by atoms with E-state index in [-0.39, 0.29) is 16.2 Å². The summed E-state index contributed by atoms with van der Waals surface area (Å²) in [5.41, 5.74) is 0. The highest BCUT2D eigenvalue weighted by atomic mass is 35.5. The lowest BCUT2D eigenvalue weighted by Gasteiger charge is -2.22. The molecule has 1 saturated heterocycles. The van der Waals surface area contributed by atoms with Crippen molar-refractivity contribution in [1.82, 2.24) is 14.7 Å². The number of thioether (sulfide) groups is 1. The standard InChI is InChI=1S/C9H12ClN3O2S2/c10-9-11-5-8(6-12-9)17(14,15)13-7-1-3-16-4-2-7/h5-7,13H,1-4H2. The summed E-state index contributed by atoms with van der Waals surface area (Å²) in [7, 11) is -3.52. The maximum absolute atomic E-state index is 12.0. The summed E-state index contributed by atoms with van der Waals surface area (Å²) in [4.78, 5) is 7.39. The number of nitrogens with one attached hydrogen (secondary N) is 1. The number of sulfonamides is 1. The summed E-state index contributed by atoms with van der Waals surface area (Å²) in [6.45, 7) is 0. The van der Waals surface area contributed by atoms with Gasteiger partial charge in [-0.2, -0.15) is 11.8 Å². The molecule has 2 rings (SSSR count). The first-order valence-electron chi connectivity index (χ1n) is 5.15. The Morgan fingerprint density at radius 2 is 1.88 bits per heavy atom. The van der Waals surface area contributed by atoms with Crippen LogP contribution in [0, 0.1) is 0 Å². The van der Waals surface area contributed by atoms with Crippen LogP contribution in [0.4, 0.5) is 0 Å². The third-order valence-corrected chi connectivity index (χ3v) is 5.17. The molecule has 0 amide bonds. The van der Waals surface area contributed by atoms with E-state index in [0.717, 1.165) is 24.3 Å². The summed E-state index contributed by atoms with van der Waals surface area (Å²) in [6.07, 6.45) is 4.15. The molecule has 0 aromatic carbocycles. The maximum Gasteiger partial charge on any atom is 0.243 e. The lowest BCUT2D eigenvalue weighted by Crippen LogP contribution is -2.37. The second-order valence-corrected chi connectivity index (χ2v) is 6.97. The van der Waals surface area contributed by atoms with Gasteiger partial charge in [0.15, 0.2) is 0 Å². The first kappa shape index (κ1) is 13.1. The van der Waals surface area contributed by atoms with Gasteiger partial charge in [-0.3, -0.25) is 0 Å². The van der Waals surface area contributed by atoms with Crippen molar-refractivity contribution in [2.45, 2.75) is 23.8 Å². The summed E-state index contributed by atoms with van der Waals surface area (Å²) >= 11 is 7.36. The van der Waals surface area contributed by atoms with E-state index in [9.17, 15) is 8.42 Å². The van der Waals surface area contributed by atoms with Gasteiger partial charge in [0, 0.05) is 6.04 Å². The molecule has 0 radical (unpaired) electrons. The van der Waals surface area contributed by atoms with Crippen LogP contribution in [0.3, 0.4) is 0 Å². The minimum absolute atomic E-state index is 0.0110. The van der Waals surface area contributed by atoms with Gasteiger partial charge >= 0.3 is 0 Å². The van der Waals surface area contributed by atoms with Gasteiger partial charge in [-0.1, -0.05) is 0 Å². The number of aromatic nitrogens is 2. The molecular weight excluding hydrogens is 282 g/mol. The zero-order valence-electron chi connectivity index (χ0n) is 8.97. The fraction of sp³-hybridized carbons (Fsp3) is 0.556. The molecule has 0 aliphatic carbocycles. The van der Waals surface area contributed by atoms with E-state index in [1.165, 1.54) is 12.4 Å². The van der Waals surface area contributed by atoms with Gasteiger partial charge in [-0.05, 0) is 35.9 Å². The zero-order chi connectivity index (χ0) is 12.3. The molecule has 8 heteroatoms. The molecule has 0 bridgehead atoms. The average Bonchev–Trinajstić information content (AvgIpc) is 2.30. The SMILES string of the molecule is O=S(=O)(NC1CCSCC1)c1cnc(Cl)nc1. The van der Waals surface area contributed by atoms with Crippen molar-refractivity contribution in [1.29, 1.82) is 0 Å². The van der Waals surface area contributed by atoms with Crippen LogP contribution in [0.1, 0.15) is 12.8 Å². The normalized spacial score (nSPS) is 18.2. The van der Waals surface area contributed by atoms with Crippen molar-refractivity contribution in [3.05, 3.63) is 17.7 Å². The molecule has 0 unspecified atom stereocenters. The predicted molar refractivity (Wildman–Crippen MR) is 67.7 cm³/mol. The van der Waals surface area contributed by atoms with Gasteiger partial charge in [-0.25, -0.2) is 23.1 Å². The van der Waals surface area contributed by atoms with Crippen molar-refractivity contribution in [3.63, 3.8) is 0 Å². The Morgan fingerprint density at radius 1 is 1.29 bits per heavy atom. The van der Waals surface area contributed by atoms with Gasteiger partial charge in [0.25, 0.3) is 0 Å². The van der Waals surface area contributed by atoms with Crippen LogP contribution in [0.15, 0.2) is 17.3 Å². The number of halogens is 1. The van der Waals surface area contributed by atoms with Crippen molar-refractivity contribution in [3.8, 4) is 0 Å². The summed E-state index contributed by atoms with van der Waals surface area (Å²) < 4.78 is 26.6. The van der Waals surface area contributed by atoms with Crippen LogP contribution < -0.4 is 4.72 Å². The first-order valence-corrected chi connectivity index (χ1v) is 8.17. The molecule has 1 aromatic heterocycles. The Labute approximate surface area is 109 Å². The van der Waals surface area contributed by atoms with Gasteiger partial charge in [-0.15, -0.1) is 0 Å². The molecule has 0 saturated carbocycles. The molecule has 5 nitrogen and oxygen atoms in total. The molecule has 94 valence electrons. The molecule has 1 aliphatic rings. The summed E-state index contributed by atoms with van der Waals surface area (Å²) in [5.74, 6) is 1.98. The number of nitrogens with zero attached hydrogens (tertiary/aromatic N) is 2. The minimum atomic E-state index is -3.52. The molecule has 0 spiro atoms. The molecule has 2 heterocycles. The zero-order valence-corrected chi connectivity index (χ0v) is 11.4. The lowest BCUT2D eigenvalue weighted by atomic mass is 10.2. The van der Waals surface area contributed by atoms with E-state index in [1.807, 2.05) is 11.8 Å². The molecular formula is C9H12ClN3O2S2. The smallest absolute Gasteiger partial charge is 0.225 e. The van der Waals surface area contributed by atoms with E-state index < -0.39 is 10.0 Å². The summed E-state index contributed by atoms with van der Waals surface area (Å²) in [6, 6.07) is 0.0110. The maximum atomic E-state index is 12.0.